The molecule has 0 bridgehead atoms. The highest BCUT2D eigenvalue weighted by Gasteiger charge is 2.47. The lowest BCUT2D eigenvalue weighted by Gasteiger charge is -2.46. The van der Waals surface area contributed by atoms with Gasteiger partial charge in [0.15, 0.2) is 11.5 Å². The van der Waals surface area contributed by atoms with E-state index >= 15 is 0 Å². The molecule has 13 heteroatoms. The Bertz CT molecular complexity index is 1800. The molecule has 3 aliphatic heterocycles. The van der Waals surface area contributed by atoms with E-state index in [1.165, 1.54) is 21.3 Å². The number of hydrogen-bond donors (Lipinski definition) is 0. The van der Waals surface area contributed by atoms with E-state index in [-0.39, 0.29) is 29.7 Å². The largest absolute Gasteiger partial charge is 0.493 e. The van der Waals surface area contributed by atoms with Crippen LogP contribution in [0.15, 0.2) is 60.7 Å². The molecule has 3 heterocycles. The third-order valence-corrected chi connectivity index (χ3v) is 12.5. The normalized spacial score (nSPS) is 20.3. The summed E-state index contributed by atoms with van der Waals surface area (Å²) in [4.78, 5) is 49.1. The van der Waals surface area contributed by atoms with Crippen LogP contribution in [0.3, 0.4) is 0 Å². The Morgan fingerprint density at radius 1 is 0.709 bits per heavy atom. The van der Waals surface area contributed by atoms with Crippen molar-refractivity contribution in [1.82, 2.24) is 19.6 Å². The third kappa shape index (κ3) is 8.70. The van der Waals surface area contributed by atoms with Gasteiger partial charge in [-0.25, -0.2) is 0 Å². The Hall–Kier alpha value is -4.03. The second-order valence-electron chi connectivity index (χ2n) is 14.7. The molecule has 3 saturated heterocycles. The van der Waals surface area contributed by atoms with Gasteiger partial charge in [0.05, 0.1) is 49.9 Å². The minimum atomic E-state index is -0.625. The molecule has 0 aromatic heterocycles. The predicted molar refractivity (Wildman–Crippen MR) is 213 cm³/mol. The molecule has 3 aromatic carbocycles. The summed E-state index contributed by atoms with van der Waals surface area (Å²) in [5, 5.41) is 0.973. The number of benzene rings is 3. The molecule has 55 heavy (non-hydrogen) atoms. The van der Waals surface area contributed by atoms with E-state index in [1.807, 2.05) is 53.1 Å². The number of hydrogen-bond acceptors (Lipinski definition) is 9. The van der Waals surface area contributed by atoms with Crippen LogP contribution in [0.5, 0.6) is 17.2 Å². The van der Waals surface area contributed by atoms with Crippen molar-refractivity contribution in [1.29, 1.82) is 0 Å². The first kappa shape index (κ1) is 40.6. The Labute approximate surface area is 334 Å². The van der Waals surface area contributed by atoms with E-state index in [0.29, 0.717) is 91.6 Å². The maximum atomic E-state index is 14.5. The Morgan fingerprint density at radius 2 is 1.38 bits per heavy atom. The molecule has 1 atom stereocenters. The van der Waals surface area contributed by atoms with Crippen molar-refractivity contribution < 1.29 is 33.3 Å². The van der Waals surface area contributed by atoms with Crippen molar-refractivity contribution in [2.24, 2.45) is 0 Å². The summed E-state index contributed by atoms with van der Waals surface area (Å²) in [6, 6.07) is 19.4. The van der Waals surface area contributed by atoms with Gasteiger partial charge < -0.3 is 33.6 Å². The van der Waals surface area contributed by atoms with Crippen LogP contribution in [0.4, 0.5) is 0 Å². The molecule has 0 spiro atoms. The predicted octanol–water partition coefficient (Wildman–Crippen LogP) is 5.93. The van der Waals surface area contributed by atoms with Crippen molar-refractivity contribution in [3.63, 3.8) is 0 Å². The summed E-state index contributed by atoms with van der Waals surface area (Å²) in [5.41, 5.74) is 1.57. The van der Waals surface area contributed by atoms with Crippen LogP contribution in [0.1, 0.15) is 54.1 Å². The topological polar surface area (TPSA) is 101 Å². The van der Waals surface area contributed by atoms with Gasteiger partial charge in [-0.05, 0) is 87.6 Å². The minimum Gasteiger partial charge on any atom is -0.493 e. The first-order valence-corrected chi connectivity index (χ1v) is 19.8. The van der Waals surface area contributed by atoms with E-state index in [4.69, 9.17) is 42.1 Å². The fourth-order valence-electron chi connectivity index (χ4n) is 8.56. The van der Waals surface area contributed by atoms with Gasteiger partial charge in [0.25, 0.3) is 5.91 Å². The first-order chi connectivity index (χ1) is 26.6. The Balaban J connectivity index is 1.17. The van der Waals surface area contributed by atoms with Crippen molar-refractivity contribution in [2.45, 2.75) is 43.4 Å². The van der Waals surface area contributed by atoms with E-state index < -0.39 is 5.41 Å². The zero-order chi connectivity index (χ0) is 39.2. The summed E-state index contributed by atoms with van der Waals surface area (Å²) < 4.78 is 21.7. The highest BCUT2D eigenvalue weighted by atomic mass is 35.5. The van der Waals surface area contributed by atoms with Crippen molar-refractivity contribution in [3.05, 3.63) is 87.4 Å². The standard InChI is InChI=1S/C42H52Cl2N4O7/c1-5-55-37(49)28-46-21-23-47(24-22-46)40(51)42(31-9-7-6-8-10-31)15-18-45(19-16-42)17-13-41(32-11-12-33(43)34(44)27-32)14-20-48(29-41)39(50)30-25-35(52-2)38(54-4)36(26-30)53-3/h6-12,25-27H,5,13-24,28-29H2,1-4H3/t41-/m0/s1. The molecular formula is C42H52Cl2N4O7. The second-order valence-corrected chi connectivity index (χ2v) is 15.5. The summed E-state index contributed by atoms with van der Waals surface area (Å²) >= 11 is 13.0. The zero-order valence-electron chi connectivity index (χ0n) is 32.3. The van der Waals surface area contributed by atoms with Crippen molar-refractivity contribution in [3.8, 4) is 17.2 Å². The maximum Gasteiger partial charge on any atom is 0.320 e. The minimum absolute atomic E-state index is 0.118. The number of esters is 1. The van der Waals surface area contributed by atoms with Crippen LogP contribution in [-0.2, 0) is 25.2 Å². The Kier molecular flexibility index (Phi) is 13.2. The van der Waals surface area contributed by atoms with Gasteiger partial charge in [-0.3, -0.25) is 19.3 Å². The summed E-state index contributed by atoms with van der Waals surface area (Å²) in [6.07, 6.45) is 2.94. The average molecular weight is 796 g/mol. The number of carbonyl (C=O) groups excluding carboxylic acids is 3. The molecule has 0 aliphatic carbocycles. The molecule has 11 nitrogen and oxygen atoms in total. The molecule has 0 radical (unpaired) electrons. The molecule has 3 fully saturated rings. The number of methoxy groups -OCH3 is 3. The fraction of sp³-hybridized carbons (Fsp3) is 0.500. The van der Waals surface area contributed by atoms with Gasteiger partial charge in [0, 0.05) is 50.2 Å². The molecular weight excluding hydrogens is 743 g/mol. The highest BCUT2D eigenvalue weighted by Crippen LogP contribution is 2.44. The average Bonchev–Trinajstić information content (AvgIpc) is 3.66. The number of likely N-dealkylation sites (tertiary alicyclic amines) is 2. The second kappa shape index (κ2) is 17.8. The van der Waals surface area contributed by atoms with Gasteiger partial charge in [-0.15, -0.1) is 0 Å². The molecule has 0 saturated carbocycles. The maximum absolute atomic E-state index is 14.5. The van der Waals surface area contributed by atoms with Gasteiger partial charge >= 0.3 is 5.97 Å². The molecule has 6 rings (SSSR count). The number of amides is 2. The molecule has 296 valence electrons. The fourth-order valence-corrected chi connectivity index (χ4v) is 8.86. The molecule has 3 aromatic rings. The van der Waals surface area contributed by atoms with E-state index in [0.717, 1.165) is 43.6 Å². The van der Waals surface area contributed by atoms with E-state index in [1.54, 1.807) is 12.1 Å². The smallest absolute Gasteiger partial charge is 0.320 e. The quantitative estimate of drug-likeness (QED) is 0.195. The molecule has 2 amide bonds. The SMILES string of the molecule is CCOC(=O)CN1CCN(C(=O)C2(c3ccccc3)CCN(CC[C@]3(c4ccc(Cl)c(Cl)c4)CCN(C(=O)c4cc(OC)c(OC)c(OC)c4)C3)CC2)CC1. The first-order valence-electron chi connectivity index (χ1n) is 19.1. The Morgan fingerprint density at radius 3 is 1.98 bits per heavy atom. The van der Waals surface area contributed by atoms with Gasteiger partial charge in [-0.1, -0.05) is 59.6 Å². The van der Waals surface area contributed by atoms with Crippen LogP contribution < -0.4 is 14.2 Å². The van der Waals surface area contributed by atoms with Crippen molar-refractivity contribution in [2.75, 3.05) is 93.4 Å². The highest BCUT2D eigenvalue weighted by molar-refractivity contribution is 6.42. The van der Waals surface area contributed by atoms with Crippen LogP contribution in [0.25, 0.3) is 0 Å². The van der Waals surface area contributed by atoms with Crippen LogP contribution in [0, 0.1) is 0 Å². The molecule has 3 aliphatic rings. The van der Waals surface area contributed by atoms with Crippen molar-refractivity contribution >= 4 is 41.0 Å². The molecule has 0 unspecified atom stereocenters. The summed E-state index contributed by atoms with van der Waals surface area (Å²) in [7, 11) is 4.61. The van der Waals surface area contributed by atoms with Gasteiger partial charge in [0.1, 0.15) is 0 Å². The van der Waals surface area contributed by atoms with E-state index in [9.17, 15) is 14.4 Å². The number of piperidine rings is 1. The number of ether oxygens (including phenoxy) is 4. The van der Waals surface area contributed by atoms with Crippen LogP contribution in [-0.4, -0.2) is 131 Å². The van der Waals surface area contributed by atoms with Gasteiger partial charge in [0.2, 0.25) is 11.7 Å². The number of nitrogens with zero attached hydrogens (tertiary/aromatic N) is 4. The van der Waals surface area contributed by atoms with Gasteiger partial charge in [-0.2, -0.15) is 0 Å². The zero-order valence-corrected chi connectivity index (χ0v) is 33.8. The lowest BCUT2D eigenvalue weighted by atomic mass is 9.71. The summed E-state index contributed by atoms with van der Waals surface area (Å²) in [6.45, 7) is 8.22. The molecule has 0 N–H and O–H groups in total. The summed E-state index contributed by atoms with van der Waals surface area (Å²) in [5.74, 6) is 1.09. The lowest BCUT2D eigenvalue weighted by Crippen LogP contribution is -2.58. The third-order valence-electron chi connectivity index (χ3n) is 11.8. The number of rotatable bonds is 13. The lowest BCUT2D eigenvalue weighted by molar-refractivity contribution is -0.146. The van der Waals surface area contributed by atoms with E-state index in [2.05, 4.69) is 21.9 Å². The number of halogens is 2. The number of piperazine rings is 1. The van der Waals surface area contributed by atoms with Crippen LogP contribution in [0.2, 0.25) is 10.0 Å². The monoisotopic (exact) mass is 794 g/mol. The number of carbonyl (C=O) groups is 3. The van der Waals surface area contributed by atoms with Crippen LogP contribution >= 0.6 is 23.2 Å².